The second-order valence-corrected chi connectivity index (χ2v) is 10.2. The highest BCUT2D eigenvalue weighted by Crippen LogP contribution is 2.30. The Morgan fingerprint density at radius 1 is 1.32 bits per heavy atom. The number of hydrogen-bond donors (Lipinski definition) is 1. The number of thioether (sulfide) groups is 1. The molecule has 0 radical (unpaired) electrons. The Hall–Kier alpha value is -1.15. The van der Waals surface area contributed by atoms with Crippen molar-refractivity contribution in [3.63, 3.8) is 0 Å². The van der Waals surface area contributed by atoms with Gasteiger partial charge in [-0.1, -0.05) is 57.7 Å². The van der Waals surface area contributed by atoms with Crippen molar-refractivity contribution in [2.45, 2.75) is 63.5 Å². The predicted molar refractivity (Wildman–Crippen MR) is 103 cm³/mol. The van der Waals surface area contributed by atoms with E-state index in [2.05, 4.69) is 29.4 Å². The minimum atomic E-state index is -0.370. The number of hydrogen-bond acceptors (Lipinski definition) is 6. The number of aromatic nitrogens is 2. The third kappa shape index (κ3) is 5.67. The summed E-state index contributed by atoms with van der Waals surface area (Å²) in [5.74, 6) is 0.0693. The SMILES string of the molecule is CC[C@@H](C)Sc1nnc(NC(=O)C2CCN(C(=O)C(C)(C)C)CC2)s1. The minimum absolute atomic E-state index is 0.0147. The molecule has 140 valence electrons. The van der Waals surface area contributed by atoms with E-state index < -0.39 is 0 Å². The Morgan fingerprint density at radius 2 is 1.96 bits per heavy atom. The zero-order valence-corrected chi connectivity index (χ0v) is 17.3. The van der Waals surface area contributed by atoms with Crippen molar-refractivity contribution in [3.8, 4) is 0 Å². The van der Waals surface area contributed by atoms with E-state index >= 15 is 0 Å². The Kier molecular flexibility index (Phi) is 6.85. The highest BCUT2D eigenvalue weighted by molar-refractivity contribution is 8.01. The van der Waals surface area contributed by atoms with E-state index in [1.807, 2.05) is 25.7 Å². The molecule has 1 aromatic heterocycles. The van der Waals surface area contributed by atoms with Gasteiger partial charge in [0, 0.05) is 29.7 Å². The molecule has 8 heteroatoms. The van der Waals surface area contributed by atoms with Gasteiger partial charge in [0.2, 0.25) is 16.9 Å². The monoisotopic (exact) mass is 384 g/mol. The van der Waals surface area contributed by atoms with Crippen molar-refractivity contribution in [1.29, 1.82) is 0 Å². The topological polar surface area (TPSA) is 75.2 Å². The largest absolute Gasteiger partial charge is 0.342 e. The molecule has 0 unspecified atom stereocenters. The van der Waals surface area contributed by atoms with Gasteiger partial charge in [-0.25, -0.2) is 0 Å². The summed E-state index contributed by atoms with van der Waals surface area (Å²) in [4.78, 5) is 26.6. The number of rotatable bonds is 5. The second-order valence-electron chi connectivity index (χ2n) is 7.52. The highest BCUT2D eigenvalue weighted by atomic mass is 32.2. The summed E-state index contributed by atoms with van der Waals surface area (Å²) in [5, 5.41) is 12.1. The molecule has 1 saturated heterocycles. The zero-order valence-electron chi connectivity index (χ0n) is 15.7. The van der Waals surface area contributed by atoms with Crippen molar-refractivity contribution in [2.24, 2.45) is 11.3 Å². The zero-order chi connectivity index (χ0) is 18.6. The van der Waals surface area contributed by atoms with Gasteiger partial charge in [0.1, 0.15) is 0 Å². The van der Waals surface area contributed by atoms with Crippen molar-refractivity contribution in [2.75, 3.05) is 18.4 Å². The summed E-state index contributed by atoms with van der Waals surface area (Å²) in [7, 11) is 0. The number of carbonyl (C=O) groups excluding carboxylic acids is 2. The summed E-state index contributed by atoms with van der Waals surface area (Å²) in [6, 6.07) is 0. The number of nitrogens with zero attached hydrogens (tertiary/aromatic N) is 3. The lowest BCUT2D eigenvalue weighted by molar-refractivity contribution is -0.142. The molecule has 1 N–H and O–H groups in total. The number of piperidine rings is 1. The van der Waals surface area contributed by atoms with E-state index in [1.54, 1.807) is 11.8 Å². The number of carbonyl (C=O) groups is 2. The maximum Gasteiger partial charge on any atom is 0.229 e. The molecular weight excluding hydrogens is 356 g/mol. The molecule has 1 fully saturated rings. The number of amides is 2. The van der Waals surface area contributed by atoms with Gasteiger partial charge in [0.05, 0.1) is 0 Å². The van der Waals surface area contributed by atoms with E-state index in [0.29, 0.717) is 36.3 Å². The minimum Gasteiger partial charge on any atom is -0.342 e. The fourth-order valence-electron chi connectivity index (χ4n) is 2.59. The lowest BCUT2D eigenvalue weighted by Gasteiger charge is -2.35. The Balaban J connectivity index is 1.84. The van der Waals surface area contributed by atoms with Crippen LogP contribution in [0, 0.1) is 11.3 Å². The van der Waals surface area contributed by atoms with Crippen molar-refractivity contribution >= 4 is 40.0 Å². The summed E-state index contributed by atoms with van der Waals surface area (Å²) < 4.78 is 0.884. The first-order valence-corrected chi connectivity index (χ1v) is 10.5. The van der Waals surface area contributed by atoms with Crippen LogP contribution in [0.5, 0.6) is 0 Å². The molecular formula is C17H28N4O2S2. The Bertz CT molecular complexity index is 604. The molecule has 25 heavy (non-hydrogen) atoms. The van der Waals surface area contributed by atoms with Crippen LogP contribution in [0.25, 0.3) is 0 Å². The van der Waals surface area contributed by atoms with E-state index in [0.717, 1.165) is 10.8 Å². The fourth-order valence-corrected chi connectivity index (χ4v) is 4.59. The molecule has 2 heterocycles. The standard InChI is InChI=1S/C17H28N4O2S2/c1-6-11(2)24-16-20-19-15(25-16)18-13(22)12-7-9-21(10-8-12)14(23)17(3,4)5/h11-12H,6-10H2,1-5H3,(H,18,19,22)/t11-/m1/s1. The third-order valence-electron chi connectivity index (χ3n) is 4.31. The summed E-state index contributed by atoms with van der Waals surface area (Å²) in [5.41, 5.74) is -0.370. The molecule has 0 aliphatic carbocycles. The molecule has 0 saturated carbocycles. The predicted octanol–water partition coefficient (Wildman–Crippen LogP) is 3.65. The van der Waals surface area contributed by atoms with Gasteiger partial charge in [-0.05, 0) is 19.3 Å². The summed E-state index contributed by atoms with van der Waals surface area (Å²) >= 11 is 3.10. The van der Waals surface area contributed by atoms with Gasteiger partial charge >= 0.3 is 0 Å². The normalized spacial score (nSPS) is 17.4. The number of likely N-dealkylation sites (tertiary alicyclic amines) is 1. The summed E-state index contributed by atoms with van der Waals surface area (Å²) in [6.07, 6.45) is 2.46. The van der Waals surface area contributed by atoms with Gasteiger partial charge < -0.3 is 10.2 Å². The van der Waals surface area contributed by atoms with Crippen molar-refractivity contribution < 1.29 is 9.59 Å². The molecule has 0 spiro atoms. The lowest BCUT2D eigenvalue weighted by atomic mass is 9.91. The first-order chi connectivity index (χ1) is 11.7. The van der Waals surface area contributed by atoms with Crippen LogP contribution in [-0.4, -0.2) is 45.3 Å². The van der Waals surface area contributed by atoms with Gasteiger partial charge in [-0.2, -0.15) is 0 Å². The van der Waals surface area contributed by atoms with Crippen LogP contribution in [0.2, 0.25) is 0 Å². The average molecular weight is 385 g/mol. The Morgan fingerprint density at radius 3 is 2.52 bits per heavy atom. The Labute approximate surface area is 158 Å². The van der Waals surface area contributed by atoms with Crippen LogP contribution in [0.1, 0.15) is 53.9 Å². The third-order valence-corrected chi connectivity index (χ3v) is 6.50. The smallest absolute Gasteiger partial charge is 0.229 e. The van der Waals surface area contributed by atoms with Crippen molar-refractivity contribution in [1.82, 2.24) is 15.1 Å². The van der Waals surface area contributed by atoms with Gasteiger partial charge in [0.15, 0.2) is 4.34 Å². The van der Waals surface area contributed by atoms with Gasteiger partial charge in [-0.3, -0.25) is 9.59 Å². The molecule has 6 nitrogen and oxygen atoms in total. The first-order valence-electron chi connectivity index (χ1n) is 8.81. The second kappa shape index (κ2) is 8.49. The van der Waals surface area contributed by atoms with Crippen LogP contribution in [0.15, 0.2) is 4.34 Å². The molecule has 0 bridgehead atoms. The quantitative estimate of drug-likeness (QED) is 0.619. The molecule has 2 rings (SSSR count). The summed E-state index contributed by atoms with van der Waals surface area (Å²) in [6.45, 7) is 11.4. The maximum absolute atomic E-state index is 12.4. The number of nitrogens with one attached hydrogen (secondary N) is 1. The molecule has 1 aromatic rings. The molecule has 1 atom stereocenters. The highest BCUT2D eigenvalue weighted by Gasteiger charge is 2.32. The van der Waals surface area contributed by atoms with E-state index in [-0.39, 0.29) is 23.1 Å². The van der Waals surface area contributed by atoms with Gasteiger partial charge in [-0.15, -0.1) is 10.2 Å². The fraction of sp³-hybridized carbons (Fsp3) is 0.765. The molecule has 1 aliphatic rings. The van der Waals surface area contributed by atoms with Crippen LogP contribution in [-0.2, 0) is 9.59 Å². The van der Waals surface area contributed by atoms with E-state index in [1.165, 1.54) is 11.3 Å². The van der Waals surface area contributed by atoms with Gasteiger partial charge in [0.25, 0.3) is 0 Å². The molecule has 1 aliphatic heterocycles. The van der Waals surface area contributed by atoms with Crippen LogP contribution < -0.4 is 5.32 Å². The number of anilines is 1. The van der Waals surface area contributed by atoms with Crippen LogP contribution >= 0.6 is 23.1 Å². The molecule has 2 amide bonds. The molecule has 0 aromatic carbocycles. The average Bonchev–Trinajstić information content (AvgIpc) is 3.00. The van der Waals surface area contributed by atoms with E-state index in [4.69, 9.17) is 0 Å². The van der Waals surface area contributed by atoms with Crippen LogP contribution in [0.3, 0.4) is 0 Å². The lowest BCUT2D eigenvalue weighted by Crippen LogP contribution is -2.45. The van der Waals surface area contributed by atoms with Crippen molar-refractivity contribution in [3.05, 3.63) is 0 Å². The first kappa shape index (κ1) is 20.2. The maximum atomic E-state index is 12.4. The van der Waals surface area contributed by atoms with Crippen LogP contribution in [0.4, 0.5) is 5.13 Å². The van der Waals surface area contributed by atoms with E-state index in [9.17, 15) is 9.59 Å².